The SMILES string of the molecule is O=C1CCCC[C@H]1[C@H](O)/C=C/c1ccccc1. The fraction of sp³-hybridized carbons (Fsp3) is 0.400. The Morgan fingerprint density at radius 1 is 1.24 bits per heavy atom. The second-order valence-electron chi connectivity index (χ2n) is 4.58. The van der Waals surface area contributed by atoms with E-state index in [0.717, 1.165) is 24.8 Å². The summed E-state index contributed by atoms with van der Waals surface area (Å²) in [7, 11) is 0. The van der Waals surface area contributed by atoms with Gasteiger partial charge in [0.1, 0.15) is 5.78 Å². The highest BCUT2D eigenvalue weighted by Gasteiger charge is 2.27. The van der Waals surface area contributed by atoms with Crippen molar-refractivity contribution >= 4 is 11.9 Å². The zero-order valence-electron chi connectivity index (χ0n) is 9.88. The van der Waals surface area contributed by atoms with Crippen molar-refractivity contribution < 1.29 is 9.90 Å². The molecule has 1 aromatic carbocycles. The highest BCUT2D eigenvalue weighted by Crippen LogP contribution is 2.24. The van der Waals surface area contributed by atoms with E-state index in [1.165, 1.54) is 0 Å². The molecule has 0 radical (unpaired) electrons. The van der Waals surface area contributed by atoms with E-state index in [2.05, 4.69) is 0 Å². The van der Waals surface area contributed by atoms with E-state index in [9.17, 15) is 9.90 Å². The van der Waals surface area contributed by atoms with Crippen LogP contribution in [-0.2, 0) is 4.79 Å². The van der Waals surface area contributed by atoms with E-state index in [0.29, 0.717) is 6.42 Å². The quantitative estimate of drug-likeness (QED) is 0.867. The van der Waals surface area contributed by atoms with Crippen molar-refractivity contribution in [2.45, 2.75) is 31.8 Å². The Bertz CT molecular complexity index is 395. The van der Waals surface area contributed by atoms with Gasteiger partial charge in [0.25, 0.3) is 0 Å². The highest BCUT2D eigenvalue weighted by molar-refractivity contribution is 5.82. The van der Waals surface area contributed by atoms with Crippen LogP contribution in [0, 0.1) is 5.92 Å². The van der Waals surface area contributed by atoms with Gasteiger partial charge in [0.05, 0.1) is 6.10 Å². The van der Waals surface area contributed by atoms with E-state index in [1.54, 1.807) is 6.08 Å². The van der Waals surface area contributed by atoms with Crippen molar-refractivity contribution in [3.8, 4) is 0 Å². The lowest BCUT2D eigenvalue weighted by Gasteiger charge is -2.23. The summed E-state index contributed by atoms with van der Waals surface area (Å²) >= 11 is 0. The monoisotopic (exact) mass is 230 g/mol. The largest absolute Gasteiger partial charge is 0.388 e. The first-order valence-electron chi connectivity index (χ1n) is 6.21. The van der Waals surface area contributed by atoms with E-state index in [-0.39, 0.29) is 11.7 Å². The van der Waals surface area contributed by atoms with E-state index >= 15 is 0 Å². The predicted octanol–water partition coefficient (Wildman–Crippen LogP) is 2.82. The Morgan fingerprint density at radius 3 is 2.71 bits per heavy atom. The number of Topliss-reactive ketones (excluding diaryl/α,β-unsaturated/α-hetero) is 1. The first kappa shape index (κ1) is 12.1. The molecule has 0 amide bonds. The topological polar surface area (TPSA) is 37.3 Å². The lowest BCUT2D eigenvalue weighted by atomic mass is 9.84. The third-order valence-corrected chi connectivity index (χ3v) is 3.30. The van der Waals surface area contributed by atoms with Crippen LogP contribution < -0.4 is 0 Å². The predicted molar refractivity (Wildman–Crippen MR) is 68.4 cm³/mol. The fourth-order valence-electron chi connectivity index (χ4n) is 2.28. The van der Waals surface area contributed by atoms with Crippen molar-refractivity contribution in [2.75, 3.05) is 0 Å². The first-order valence-corrected chi connectivity index (χ1v) is 6.21. The van der Waals surface area contributed by atoms with Gasteiger partial charge in [-0.3, -0.25) is 4.79 Å². The molecular weight excluding hydrogens is 212 g/mol. The van der Waals surface area contributed by atoms with Gasteiger partial charge in [-0.2, -0.15) is 0 Å². The van der Waals surface area contributed by atoms with Gasteiger partial charge in [-0.25, -0.2) is 0 Å². The lowest BCUT2D eigenvalue weighted by molar-refractivity contribution is -0.127. The molecule has 1 aromatic rings. The maximum absolute atomic E-state index is 11.7. The Labute approximate surface area is 102 Å². The minimum atomic E-state index is -0.636. The third kappa shape index (κ3) is 3.27. The molecule has 0 spiro atoms. The maximum atomic E-state index is 11.7. The molecule has 2 heteroatoms. The van der Waals surface area contributed by atoms with Gasteiger partial charge in [0.15, 0.2) is 0 Å². The summed E-state index contributed by atoms with van der Waals surface area (Å²) in [6.07, 6.45) is 6.45. The summed E-state index contributed by atoms with van der Waals surface area (Å²) in [5, 5.41) is 10.00. The second kappa shape index (κ2) is 5.78. The smallest absolute Gasteiger partial charge is 0.138 e. The summed E-state index contributed by atoms with van der Waals surface area (Å²) in [4.78, 5) is 11.7. The number of hydrogen-bond acceptors (Lipinski definition) is 2. The van der Waals surface area contributed by atoms with Crippen molar-refractivity contribution in [1.82, 2.24) is 0 Å². The molecule has 1 saturated carbocycles. The van der Waals surface area contributed by atoms with Crippen LogP contribution in [0.5, 0.6) is 0 Å². The van der Waals surface area contributed by atoms with Gasteiger partial charge < -0.3 is 5.11 Å². The van der Waals surface area contributed by atoms with Gasteiger partial charge in [0.2, 0.25) is 0 Å². The number of carbonyl (C=O) groups is 1. The summed E-state index contributed by atoms with van der Waals surface area (Å²) in [6.45, 7) is 0. The average molecular weight is 230 g/mol. The van der Waals surface area contributed by atoms with Crippen LogP contribution in [0.15, 0.2) is 36.4 Å². The first-order chi connectivity index (χ1) is 8.27. The number of rotatable bonds is 3. The highest BCUT2D eigenvalue weighted by atomic mass is 16.3. The molecule has 0 aliphatic heterocycles. The fourth-order valence-corrected chi connectivity index (χ4v) is 2.28. The minimum Gasteiger partial charge on any atom is -0.388 e. The zero-order valence-corrected chi connectivity index (χ0v) is 9.88. The van der Waals surface area contributed by atoms with Crippen LogP contribution in [0.25, 0.3) is 6.08 Å². The van der Waals surface area contributed by atoms with Crippen molar-refractivity contribution in [1.29, 1.82) is 0 Å². The minimum absolute atomic E-state index is 0.191. The summed E-state index contributed by atoms with van der Waals surface area (Å²) in [5.74, 6) is 0.0187. The molecule has 0 heterocycles. The van der Waals surface area contributed by atoms with Crippen LogP contribution in [0.3, 0.4) is 0 Å². The Kier molecular flexibility index (Phi) is 4.10. The van der Waals surface area contributed by atoms with E-state index in [4.69, 9.17) is 0 Å². The van der Waals surface area contributed by atoms with Gasteiger partial charge in [0, 0.05) is 12.3 Å². The molecule has 2 rings (SSSR count). The van der Waals surface area contributed by atoms with Crippen molar-refractivity contribution in [3.63, 3.8) is 0 Å². The summed E-state index contributed by atoms with van der Waals surface area (Å²) < 4.78 is 0. The van der Waals surface area contributed by atoms with Gasteiger partial charge in [-0.05, 0) is 18.4 Å². The molecule has 1 N–H and O–H groups in total. The molecule has 1 fully saturated rings. The number of benzene rings is 1. The maximum Gasteiger partial charge on any atom is 0.138 e. The van der Waals surface area contributed by atoms with Crippen LogP contribution >= 0.6 is 0 Å². The van der Waals surface area contributed by atoms with Crippen LogP contribution in [0.4, 0.5) is 0 Å². The molecular formula is C15H18O2. The molecule has 0 saturated heterocycles. The number of ketones is 1. The normalized spacial score (nSPS) is 22.9. The zero-order chi connectivity index (χ0) is 12.1. The number of aliphatic hydroxyl groups excluding tert-OH is 1. The van der Waals surface area contributed by atoms with Crippen LogP contribution in [0.2, 0.25) is 0 Å². The summed E-state index contributed by atoms with van der Waals surface area (Å²) in [5.41, 5.74) is 1.05. The van der Waals surface area contributed by atoms with Gasteiger partial charge in [-0.15, -0.1) is 0 Å². The average Bonchev–Trinajstić information content (AvgIpc) is 2.38. The standard InChI is InChI=1S/C15H18O2/c16-14-9-5-4-8-13(14)15(17)11-10-12-6-2-1-3-7-12/h1-3,6-7,10-11,13,15,17H,4-5,8-9H2/b11-10+/t13-,15-/m1/s1. The van der Waals surface area contributed by atoms with Crippen molar-refractivity contribution in [3.05, 3.63) is 42.0 Å². The van der Waals surface area contributed by atoms with Gasteiger partial charge in [-0.1, -0.05) is 48.9 Å². The summed E-state index contributed by atoms with van der Waals surface area (Å²) in [6, 6.07) is 9.83. The van der Waals surface area contributed by atoms with E-state index < -0.39 is 6.10 Å². The second-order valence-corrected chi connectivity index (χ2v) is 4.58. The molecule has 0 aromatic heterocycles. The van der Waals surface area contributed by atoms with E-state index in [1.807, 2.05) is 36.4 Å². The van der Waals surface area contributed by atoms with Crippen LogP contribution in [0.1, 0.15) is 31.2 Å². The Morgan fingerprint density at radius 2 is 2.00 bits per heavy atom. The molecule has 90 valence electrons. The molecule has 2 atom stereocenters. The number of carbonyl (C=O) groups excluding carboxylic acids is 1. The number of aliphatic hydroxyl groups is 1. The number of hydrogen-bond donors (Lipinski definition) is 1. The molecule has 0 bridgehead atoms. The lowest BCUT2D eigenvalue weighted by Crippen LogP contribution is -2.29. The molecule has 1 aliphatic rings. The van der Waals surface area contributed by atoms with Gasteiger partial charge >= 0.3 is 0 Å². The molecule has 0 unspecified atom stereocenters. The third-order valence-electron chi connectivity index (χ3n) is 3.30. The Balaban J connectivity index is 1.98. The van der Waals surface area contributed by atoms with Crippen molar-refractivity contribution in [2.24, 2.45) is 5.92 Å². The molecule has 17 heavy (non-hydrogen) atoms. The Hall–Kier alpha value is -1.41. The van der Waals surface area contributed by atoms with Crippen LogP contribution in [-0.4, -0.2) is 17.0 Å². The molecule has 1 aliphatic carbocycles. The molecule has 2 nitrogen and oxygen atoms in total.